The van der Waals surface area contributed by atoms with Crippen LogP contribution in [0.2, 0.25) is 0 Å². The number of rotatable bonds is 6. The summed E-state index contributed by atoms with van der Waals surface area (Å²) < 4.78 is 10.3. The Morgan fingerprint density at radius 1 is 1.25 bits per heavy atom. The third-order valence-electron chi connectivity index (χ3n) is 4.85. The molecule has 1 heterocycles. The minimum absolute atomic E-state index is 0.0796. The minimum atomic E-state index is -1.03. The van der Waals surface area contributed by atoms with Crippen molar-refractivity contribution in [1.29, 1.82) is 5.53 Å². The van der Waals surface area contributed by atoms with E-state index in [1.165, 1.54) is 0 Å². The highest BCUT2D eigenvalue weighted by atomic mass is 16.6. The van der Waals surface area contributed by atoms with Crippen molar-refractivity contribution in [3.63, 3.8) is 0 Å². The van der Waals surface area contributed by atoms with E-state index in [1.54, 1.807) is 26.2 Å². The Morgan fingerprint density at radius 2 is 1.93 bits per heavy atom. The van der Waals surface area contributed by atoms with Crippen molar-refractivity contribution in [2.24, 2.45) is 5.11 Å². The average Bonchev–Trinajstić information content (AvgIpc) is 3.13. The zero-order valence-corrected chi connectivity index (χ0v) is 15.6. The van der Waals surface area contributed by atoms with Crippen LogP contribution < -0.4 is 9.65 Å². The van der Waals surface area contributed by atoms with E-state index in [0.717, 1.165) is 16.0 Å². The quantitative estimate of drug-likeness (QED) is 0.611. The molecule has 28 heavy (non-hydrogen) atoms. The van der Waals surface area contributed by atoms with Gasteiger partial charge in [-0.1, -0.05) is 49.4 Å². The van der Waals surface area contributed by atoms with Crippen molar-refractivity contribution >= 4 is 12.0 Å². The molecule has 144 valence electrons. The first-order valence-corrected chi connectivity index (χ1v) is 8.82. The zero-order valence-electron chi connectivity index (χ0n) is 15.6. The van der Waals surface area contributed by atoms with Gasteiger partial charge in [0.2, 0.25) is 11.0 Å². The summed E-state index contributed by atoms with van der Waals surface area (Å²) in [5, 5.41) is 3.81. The largest absolute Gasteiger partial charge is 0.497 e. The normalized spacial score (nSPS) is 18.0. The summed E-state index contributed by atoms with van der Waals surface area (Å²) in [6, 6.07) is 14.8. The fourth-order valence-electron chi connectivity index (χ4n) is 3.24. The van der Waals surface area contributed by atoms with Crippen molar-refractivity contribution in [3.8, 4) is 5.75 Å². The first-order chi connectivity index (χ1) is 13.6. The maximum absolute atomic E-state index is 13.2. The molecule has 3 atom stereocenters. The first kappa shape index (κ1) is 19.3. The number of methoxy groups -OCH3 is 1. The summed E-state index contributed by atoms with van der Waals surface area (Å²) in [5.74, 6) is -0.263. The molecule has 2 aromatic rings. The van der Waals surface area contributed by atoms with E-state index in [2.05, 4.69) is 10.0 Å². The van der Waals surface area contributed by atoms with Gasteiger partial charge in [-0.2, -0.15) is 0 Å². The Bertz CT molecular complexity index is 894. The summed E-state index contributed by atoms with van der Waals surface area (Å²) in [7, 11) is 1.57. The molecule has 2 amide bonds. The number of amides is 2. The fraction of sp³-hybridized carbons (Fsp3) is 0.300. The van der Waals surface area contributed by atoms with Gasteiger partial charge in [0.1, 0.15) is 29.0 Å². The van der Waals surface area contributed by atoms with E-state index >= 15 is 0 Å². The predicted octanol–water partition coefficient (Wildman–Crippen LogP) is 3.44. The van der Waals surface area contributed by atoms with Gasteiger partial charge >= 0.3 is 6.09 Å². The Morgan fingerprint density at radius 3 is 2.54 bits per heavy atom. The Labute approximate surface area is 162 Å². The molecule has 3 unspecified atom stereocenters. The Kier molecular flexibility index (Phi) is 5.81. The van der Waals surface area contributed by atoms with Crippen molar-refractivity contribution in [2.75, 3.05) is 13.7 Å². The van der Waals surface area contributed by atoms with Crippen LogP contribution in [0.25, 0.3) is 0 Å². The molecule has 2 aromatic carbocycles. The van der Waals surface area contributed by atoms with Gasteiger partial charge in [-0.05, 0) is 23.3 Å². The van der Waals surface area contributed by atoms with Gasteiger partial charge in [0, 0.05) is 5.92 Å². The van der Waals surface area contributed by atoms with Crippen LogP contribution in [-0.2, 0) is 9.53 Å². The standard InChI is InChI=1S/C20H21N4O4/c1-13(14-8-10-16(27-2)11-9-14)18(22-23-21)19(25)24-17(12-28-20(24)26)15-6-4-3-5-7-15/h3-11,13,17-18,21H,12H2,1-2H3/q+1. The Hall–Kier alpha value is -3.51. The molecule has 0 radical (unpaired) electrons. The van der Waals surface area contributed by atoms with Crippen molar-refractivity contribution in [3.05, 3.63) is 65.7 Å². The minimum Gasteiger partial charge on any atom is -0.497 e. The van der Waals surface area contributed by atoms with Crippen LogP contribution in [0.5, 0.6) is 5.75 Å². The maximum Gasteiger partial charge on any atom is 0.417 e. The lowest BCUT2D eigenvalue weighted by Crippen LogP contribution is -2.42. The molecule has 8 nitrogen and oxygen atoms in total. The van der Waals surface area contributed by atoms with Crippen LogP contribution in [0, 0.1) is 5.53 Å². The van der Waals surface area contributed by atoms with Crippen LogP contribution in [0.4, 0.5) is 4.79 Å². The number of carbonyl (C=O) groups excluding carboxylic acids is 2. The van der Waals surface area contributed by atoms with Gasteiger partial charge in [0.05, 0.1) is 7.11 Å². The zero-order chi connectivity index (χ0) is 20.1. The van der Waals surface area contributed by atoms with Crippen LogP contribution in [0.15, 0.2) is 59.7 Å². The smallest absolute Gasteiger partial charge is 0.417 e. The van der Waals surface area contributed by atoms with E-state index in [-0.39, 0.29) is 6.61 Å². The predicted molar refractivity (Wildman–Crippen MR) is 99.9 cm³/mol. The lowest BCUT2D eigenvalue weighted by molar-refractivity contribution is -0.131. The molecule has 0 bridgehead atoms. The van der Waals surface area contributed by atoms with Crippen LogP contribution in [-0.4, -0.2) is 36.7 Å². The molecule has 0 saturated carbocycles. The van der Waals surface area contributed by atoms with E-state index in [1.807, 2.05) is 42.5 Å². The second-order valence-corrected chi connectivity index (χ2v) is 6.43. The van der Waals surface area contributed by atoms with E-state index in [9.17, 15) is 9.59 Å². The molecule has 1 aliphatic heterocycles. The second-order valence-electron chi connectivity index (χ2n) is 6.43. The monoisotopic (exact) mass is 381 g/mol. The highest BCUT2D eigenvalue weighted by Crippen LogP contribution is 2.32. The fourth-order valence-corrected chi connectivity index (χ4v) is 3.24. The number of benzene rings is 2. The third kappa shape index (κ3) is 3.77. The summed E-state index contributed by atoms with van der Waals surface area (Å²) in [6.07, 6.45) is -0.717. The summed E-state index contributed by atoms with van der Waals surface area (Å²) >= 11 is 0. The second kappa shape index (κ2) is 8.45. The summed E-state index contributed by atoms with van der Waals surface area (Å²) in [5.41, 5.74) is 8.74. The lowest BCUT2D eigenvalue weighted by Gasteiger charge is -2.23. The Balaban J connectivity index is 1.90. The number of ether oxygens (including phenoxy) is 2. The van der Waals surface area contributed by atoms with Crippen LogP contribution in [0.3, 0.4) is 0 Å². The third-order valence-corrected chi connectivity index (χ3v) is 4.85. The topological polar surface area (TPSA) is 106 Å². The molecule has 0 aliphatic carbocycles. The number of nitrogens with one attached hydrogen (secondary N) is 1. The highest BCUT2D eigenvalue weighted by molar-refractivity contribution is 5.97. The molecule has 1 N–H and O–H groups in total. The number of cyclic esters (lactones) is 1. The van der Waals surface area contributed by atoms with Gasteiger partial charge in [-0.3, -0.25) is 4.79 Å². The molecule has 0 aromatic heterocycles. The molecular weight excluding hydrogens is 360 g/mol. The number of carbonyl (C=O) groups is 2. The van der Waals surface area contributed by atoms with E-state index in [0.29, 0.717) is 5.75 Å². The van der Waals surface area contributed by atoms with Crippen molar-refractivity contribution < 1.29 is 19.1 Å². The van der Waals surface area contributed by atoms with Gasteiger partial charge in [-0.15, -0.1) is 0 Å². The van der Waals surface area contributed by atoms with Crippen LogP contribution in [0.1, 0.15) is 30.0 Å². The molecule has 0 spiro atoms. The van der Waals surface area contributed by atoms with Gasteiger partial charge in [0.25, 0.3) is 5.91 Å². The number of hydrogen-bond donors (Lipinski definition) is 1. The van der Waals surface area contributed by atoms with E-state index < -0.39 is 30.0 Å². The number of hydrogen-bond acceptors (Lipinski definition) is 6. The molecule has 1 saturated heterocycles. The maximum atomic E-state index is 13.2. The number of nitrogens with zero attached hydrogens (tertiary/aromatic N) is 3. The molecule has 3 rings (SSSR count). The van der Waals surface area contributed by atoms with Crippen molar-refractivity contribution in [2.45, 2.75) is 24.9 Å². The number of imide groups is 1. The summed E-state index contributed by atoms with van der Waals surface area (Å²) in [4.78, 5) is 29.7. The van der Waals surface area contributed by atoms with Crippen molar-refractivity contribution in [1.82, 2.24) is 9.81 Å². The molecule has 1 aliphatic rings. The van der Waals surface area contributed by atoms with Gasteiger partial charge < -0.3 is 9.47 Å². The van der Waals surface area contributed by atoms with Crippen LogP contribution >= 0.6 is 0 Å². The molecule has 1 fully saturated rings. The average molecular weight is 381 g/mol. The molecular formula is C20H21N4O4+. The molecule has 8 heteroatoms. The van der Waals surface area contributed by atoms with Gasteiger partial charge in [0.15, 0.2) is 0 Å². The SMILES string of the molecule is COc1ccc(C(C)C(N=[N+]=N)C(=O)N2C(=O)OCC2c2ccccc2)cc1. The lowest BCUT2D eigenvalue weighted by atomic mass is 9.92. The first-order valence-electron chi connectivity index (χ1n) is 8.82. The van der Waals surface area contributed by atoms with E-state index in [4.69, 9.17) is 15.0 Å². The summed E-state index contributed by atoms with van der Waals surface area (Å²) in [6.45, 7) is 1.88. The van der Waals surface area contributed by atoms with Gasteiger partial charge in [-0.25, -0.2) is 9.69 Å². The highest BCUT2D eigenvalue weighted by Gasteiger charge is 2.45.